The third kappa shape index (κ3) is 3.63. The lowest BCUT2D eigenvalue weighted by molar-refractivity contribution is 0.926. The van der Waals surface area contributed by atoms with Gasteiger partial charge in [-0.1, -0.05) is 25.1 Å². The molecule has 0 saturated heterocycles. The van der Waals surface area contributed by atoms with Gasteiger partial charge in [0.15, 0.2) is 0 Å². The third-order valence-electron chi connectivity index (χ3n) is 4.90. The van der Waals surface area contributed by atoms with E-state index in [0.29, 0.717) is 0 Å². The van der Waals surface area contributed by atoms with Gasteiger partial charge < -0.3 is 4.57 Å². The van der Waals surface area contributed by atoms with Gasteiger partial charge in [-0.2, -0.15) is 0 Å². The lowest BCUT2D eigenvalue weighted by atomic mass is 10.1. The van der Waals surface area contributed by atoms with E-state index in [1.54, 1.807) is 0 Å². The number of para-hydroxylation sites is 1. The number of aliphatic imine (C=N–C) groups is 1. The molecule has 0 N–H and O–H groups in total. The van der Waals surface area contributed by atoms with Gasteiger partial charge in [0.05, 0.1) is 11.4 Å². The second kappa shape index (κ2) is 7.78. The highest BCUT2D eigenvalue weighted by Crippen LogP contribution is 2.27. The van der Waals surface area contributed by atoms with Gasteiger partial charge >= 0.3 is 0 Å². The fourth-order valence-electron chi connectivity index (χ4n) is 3.49. The summed E-state index contributed by atoms with van der Waals surface area (Å²) < 4.78 is 3.61. The molecular weight excluding hydrogens is 431 g/mol. The van der Waals surface area contributed by atoms with Crippen LogP contribution in [0.3, 0.4) is 0 Å². The largest absolute Gasteiger partial charge is 0.317 e. The van der Waals surface area contributed by atoms with Gasteiger partial charge in [-0.3, -0.25) is 4.99 Å². The van der Waals surface area contributed by atoms with Crippen LogP contribution in [0.5, 0.6) is 0 Å². The minimum Gasteiger partial charge on any atom is -0.317 e. The SMILES string of the molecule is CCc1cccc(C)c1-n1c(C)cc(C=Nc2ccc(I)cc2C)c1C. The van der Waals surface area contributed by atoms with Crippen molar-refractivity contribution in [3.8, 4) is 5.69 Å². The zero-order chi connectivity index (χ0) is 18.8. The quantitative estimate of drug-likeness (QED) is 0.310. The fourth-order valence-corrected chi connectivity index (χ4v) is 4.14. The molecule has 0 spiro atoms. The van der Waals surface area contributed by atoms with Gasteiger partial charge in [0.1, 0.15) is 0 Å². The van der Waals surface area contributed by atoms with E-state index in [1.807, 2.05) is 6.21 Å². The Morgan fingerprint density at radius 2 is 1.77 bits per heavy atom. The number of nitrogens with zero attached hydrogens (tertiary/aromatic N) is 2. The highest BCUT2D eigenvalue weighted by Gasteiger charge is 2.14. The van der Waals surface area contributed by atoms with Crippen molar-refractivity contribution in [1.82, 2.24) is 4.57 Å². The van der Waals surface area contributed by atoms with Crippen molar-refractivity contribution >= 4 is 34.5 Å². The number of aryl methyl sites for hydroxylation is 4. The first-order chi connectivity index (χ1) is 12.4. The number of rotatable bonds is 4. The number of hydrogen-bond acceptors (Lipinski definition) is 1. The highest BCUT2D eigenvalue weighted by molar-refractivity contribution is 14.1. The van der Waals surface area contributed by atoms with Crippen LogP contribution in [0.2, 0.25) is 0 Å². The fraction of sp³-hybridized carbons (Fsp3) is 0.261. The van der Waals surface area contributed by atoms with Crippen molar-refractivity contribution in [3.05, 3.63) is 79.7 Å². The summed E-state index contributed by atoms with van der Waals surface area (Å²) in [5.41, 5.74) is 9.88. The Bertz CT molecular complexity index is 980. The van der Waals surface area contributed by atoms with Gasteiger partial charge in [0.2, 0.25) is 0 Å². The van der Waals surface area contributed by atoms with E-state index in [0.717, 1.165) is 12.1 Å². The molecule has 0 aliphatic rings. The topological polar surface area (TPSA) is 17.3 Å². The first-order valence-corrected chi connectivity index (χ1v) is 10.1. The second-order valence-corrected chi connectivity index (χ2v) is 8.03. The summed E-state index contributed by atoms with van der Waals surface area (Å²) in [5, 5.41) is 0. The molecule has 134 valence electrons. The predicted molar refractivity (Wildman–Crippen MR) is 121 cm³/mol. The summed E-state index contributed by atoms with van der Waals surface area (Å²) >= 11 is 2.34. The summed E-state index contributed by atoms with van der Waals surface area (Å²) in [4.78, 5) is 4.75. The lowest BCUT2D eigenvalue weighted by Crippen LogP contribution is -2.05. The van der Waals surface area contributed by atoms with E-state index in [9.17, 15) is 0 Å². The molecule has 0 aliphatic carbocycles. The van der Waals surface area contributed by atoms with Crippen LogP contribution in [0.25, 0.3) is 5.69 Å². The van der Waals surface area contributed by atoms with Crippen LogP contribution in [0, 0.1) is 31.3 Å². The molecule has 3 rings (SSSR count). The maximum atomic E-state index is 4.75. The van der Waals surface area contributed by atoms with Gasteiger partial charge in [-0.25, -0.2) is 0 Å². The predicted octanol–water partition coefficient (Wildman–Crippen LogP) is 6.63. The molecule has 0 atom stereocenters. The summed E-state index contributed by atoms with van der Waals surface area (Å²) in [6, 6.07) is 15.1. The van der Waals surface area contributed by atoms with Gasteiger partial charge in [-0.05, 0) is 97.7 Å². The third-order valence-corrected chi connectivity index (χ3v) is 5.57. The molecule has 0 saturated carbocycles. The first kappa shape index (κ1) is 18.9. The van der Waals surface area contributed by atoms with Crippen molar-refractivity contribution in [2.45, 2.75) is 41.0 Å². The Hall–Kier alpha value is -1.88. The van der Waals surface area contributed by atoms with Gasteiger partial charge in [0, 0.05) is 26.7 Å². The molecule has 0 aliphatic heterocycles. The van der Waals surface area contributed by atoms with E-state index in [1.165, 1.54) is 42.9 Å². The maximum absolute atomic E-state index is 4.75. The minimum atomic E-state index is 1.03. The molecule has 0 radical (unpaired) electrons. The number of aromatic nitrogens is 1. The zero-order valence-electron chi connectivity index (χ0n) is 16.1. The molecule has 0 unspecified atom stereocenters. The number of hydrogen-bond donors (Lipinski definition) is 0. The van der Waals surface area contributed by atoms with Crippen LogP contribution < -0.4 is 0 Å². The molecule has 0 amide bonds. The van der Waals surface area contributed by atoms with Crippen molar-refractivity contribution < 1.29 is 0 Å². The van der Waals surface area contributed by atoms with E-state index in [2.05, 4.69) is 104 Å². The Kier molecular flexibility index (Phi) is 5.66. The summed E-state index contributed by atoms with van der Waals surface area (Å²) in [6.07, 6.45) is 3.03. The standard InChI is InChI=1S/C23H25IN2/c1-6-19-9-7-8-15(2)23(19)26-17(4)13-20(18(26)5)14-25-22-11-10-21(24)12-16(22)3/h7-14H,6H2,1-5H3. The van der Waals surface area contributed by atoms with Crippen LogP contribution in [-0.4, -0.2) is 10.8 Å². The Morgan fingerprint density at radius 1 is 1.00 bits per heavy atom. The number of benzene rings is 2. The monoisotopic (exact) mass is 456 g/mol. The summed E-state index contributed by atoms with van der Waals surface area (Å²) in [6.45, 7) is 10.9. The zero-order valence-corrected chi connectivity index (χ0v) is 18.3. The molecule has 3 heteroatoms. The minimum absolute atomic E-state index is 1.03. The Morgan fingerprint density at radius 3 is 2.46 bits per heavy atom. The Labute approximate surface area is 170 Å². The number of halogens is 1. The maximum Gasteiger partial charge on any atom is 0.0659 e. The molecule has 1 aromatic heterocycles. The van der Waals surface area contributed by atoms with Crippen LogP contribution in [0.1, 0.15) is 40.6 Å². The Balaban J connectivity index is 2.06. The molecule has 2 nitrogen and oxygen atoms in total. The highest BCUT2D eigenvalue weighted by atomic mass is 127. The van der Waals surface area contributed by atoms with Crippen molar-refractivity contribution in [2.75, 3.05) is 0 Å². The molecule has 1 heterocycles. The van der Waals surface area contributed by atoms with Gasteiger partial charge in [-0.15, -0.1) is 0 Å². The van der Waals surface area contributed by atoms with E-state index < -0.39 is 0 Å². The summed E-state index contributed by atoms with van der Waals surface area (Å²) in [5.74, 6) is 0. The van der Waals surface area contributed by atoms with E-state index in [-0.39, 0.29) is 0 Å². The molecule has 0 fully saturated rings. The van der Waals surface area contributed by atoms with Crippen molar-refractivity contribution in [2.24, 2.45) is 4.99 Å². The van der Waals surface area contributed by atoms with E-state index >= 15 is 0 Å². The molecule has 0 bridgehead atoms. The smallest absolute Gasteiger partial charge is 0.0659 e. The molecular formula is C23H25IN2. The van der Waals surface area contributed by atoms with Crippen LogP contribution in [0.15, 0.2) is 47.5 Å². The first-order valence-electron chi connectivity index (χ1n) is 9.00. The van der Waals surface area contributed by atoms with E-state index in [4.69, 9.17) is 4.99 Å². The average Bonchev–Trinajstić information content (AvgIpc) is 2.88. The van der Waals surface area contributed by atoms with Crippen molar-refractivity contribution in [1.29, 1.82) is 0 Å². The molecule has 2 aromatic carbocycles. The van der Waals surface area contributed by atoms with Crippen LogP contribution >= 0.6 is 22.6 Å². The lowest BCUT2D eigenvalue weighted by Gasteiger charge is -2.17. The average molecular weight is 456 g/mol. The normalized spacial score (nSPS) is 11.5. The molecule has 26 heavy (non-hydrogen) atoms. The van der Waals surface area contributed by atoms with Crippen LogP contribution in [0.4, 0.5) is 5.69 Å². The van der Waals surface area contributed by atoms with Crippen molar-refractivity contribution in [3.63, 3.8) is 0 Å². The van der Waals surface area contributed by atoms with Crippen LogP contribution in [-0.2, 0) is 6.42 Å². The molecule has 3 aromatic rings. The second-order valence-electron chi connectivity index (χ2n) is 6.79. The summed E-state index contributed by atoms with van der Waals surface area (Å²) in [7, 11) is 0. The van der Waals surface area contributed by atoms with Gasteiger partial charge in [0.25, 0.3) is 0 Å².